The van der Waals surface area contributed by atoms with Gasteiger partial charge >= 0.3 is 6.55 Å². The molecule has 0 aromatic carbocycles. The minimum Gasteiger partial charge on any atom is -0.377 e. The number of hydrogen-bond acceptors (Lipinski definition) is 6. The first-order chi connectivity index (χ1) is 14.2. The molecular formula is C19H25F3N6O2. The van der Waals surface area contributed by atoms with E-state index in [1.807, 2.05) is 20.8 Å². The number of morpholine rings is 1. The minimum absolute atomic E-state index is 0.0212. The van der Waals surface area contributed by atoms with Crippen LogP contribution in [0.5, 0.6) is 0 Å². The van der Waals surface area contributed by atoms with Crippen LogP contribution in [0.2, 0.25) is 0 Å². The molecule has 8 nitrogen and oxygen atoms in total. The van der Waals surface area contributed by atoms with Crippen molar-refractivity contribution >= 4 is 11.8 Å². The molecule has 2 aliphatic heterocycles. The quantitative estimate of drug-likeness (QED) is 0.748. The van der Waals surface area contributed by atoms with Gasteiger partial charge in [-0.2, -0.15) is 23.3 Å². The van der Waals surface area contributed by atoms with E-state index in [2.05, 4.69) is 10.1 Å². The predicted octanol–water partition coefficient (Wildman–Crippen LogP) is 2.39. The average molecular weight is 426 g/mol. The lowest BCUT2D eigenvalue weighted by Crippen LogP contribution is -2.53. The number of anilines is 2. The molecule has 4 rings (SSSR count). The number of halogens is 3. The number of nitrogens with zero attached hydrogens (tertiary/aromatic N) is 6. The van der Waals surface area contributed by atoms with Gasteiger partial charge in [-0.1, -0.05) is 0 Å². The van der Waals surface area contributed by atoms with Crippen molar-refractivity contribution in [2.24, 2.45) is 0 Å². The fraction of sp³-hybridized carbons (Fsp3) is 0.632. The number of aromatic nitrogens is 4. The van der Waals surface area contributed by atoms with E-state index in [1.165, 1.54) is 16.8 Å². The van der Waals surface area contributed by atoms with Gasteiger partial charge in [-0.25, -0.2) is 4.68 Å². The second kappa shape index (κ2) is 7.60. The second-order valence-electron chi connectivity index (χ2n) is 8.32. The minimum atomic E-state index is -2.78. The van der Waals surface area contributed by atoms with Gasteiger partial charge in [0.15, 0.2) is 5.82 Å². The fourth-order valence-electron chi connectivity index (χ4n) is 4.03. The molecule has 1 saturated heterocycles. The van der Waals surface area contributed by atoms with Crippen molar-refractivity contribution in [3.05, 3.63) is 34.1 Å². The highest BCUT2D eigenvalue weighted by Crippen LogP contribution is 2.34. The van der Waals surface area contributed by atoms with E-state index in [9.17, 15) is 13.6 Å². The van der Waals surface area contributed by atoms with Crippen LogP contribution in [0.1, 0.15) is 39.4 Å². The van der Waals surface area contributed by atoms with Crippen molar-refractivity contribution in [2.45, 2.75) is 58.4 Å². The summed E-state index contributed by atoms with van der Waals surface area (Å²) in [6, 6.07) is 1.36. The lowest BCUT2D eigenvalue weighted by Gasteiger charge is -2.45. The van der Waals surface area contributed by atoms with Gasteiger partial charge in [-0.05, 0) is 33.3 Å². The molecule has 30 heavy (non-hydrogen) atoms. The number of rotatable bonds is 4. The summed E-state index contributed by atoms with van der Waals surface area (Å²) in [5, 5.41) is 3.69. The Balaban J connectivity index is 1.81. The fourth-order valence-corrected chi connectivity index (χ4v) is 4.03. The SMILES string of the molecule is C[C@@H]1COCCN1c1nc2n(c(=O)c1F)CCC(C)(C)N2Cc1ccnn1C(F)F. The number of ether oxygens (including phenoxy) is 1. The van der Waals surface area contributed by atoms with Crippen molar-refractivity contribution in [1.82, 2.24) is 19.3 Å². The van der Waals surface area contributed by atoms with Gasteiger partial charge in [0.05, 0.1) is 31.5 Å². The summed E-state index contributed by atoms with van der Waals surface area (Å²) in [6.45, 7) is 4.58. The molecule has 0 aliphatic carbocycles. The van der Waals surface area contributed by atoms with Crippen LogP contribution in [-0.4, -0.2) is 50.7 Å². The van der Waals surface area contributed by atoms with Crippen LogP contribution in [0, 0.1) is 5.82 Å². The summed E-state index contributed by atoms with van der Waals surface area (Å²) < 4.78 is 49.0. The van der Waals surface area contributed by atoms with Crippen molar-refractivity contribution < 1.29 is 17.9 Å². The molecule has 11 heteroatoms. The van der Waals surface area contributed by atoms with Crippen molar-refractivity contribution in [2.75, 3.05) is 29.6 Å². The highest BCUT2D eigenvalue weighted by molar-refractivity contribution is 5.49. The maximum absolute atomic E-state index is 15.0. The highest BCUT2D eigenvalue weighted by Gasteiger charge is 2.38. The molecule has 1 atom stereocenters. The second-order valence-corrected chi connectivity index (χ2v) is 8.32. The standard InChI is InChI=1S/C19H25F3N6O2/c1-12-11-30-9-8-25(12)15-14(20)16(29)26-7-5-19(2,3)27(18(26)24-15)10-13-4-6-23-28(13)17(21)22/h4,6,12,17H,5,7-11H2,1-3H3/t12-/m1/s1. The molecule has 0 amide bonds. The van der Waals surface area contributed by atoms with Gasteiger partial charge < -0.3 is 14.5 Å². The van der Waals surface area contributed by atoms with E-state index in [1.54, 1.807) is 9.80 Å². The topological polar surface area (TPSA) is 68.4 Å². The van der Waals surface area contributed by atoms with E-state index in [0.717, 1.165) is 0 Å². The summed E-state index contributed by atoms with van der Waals surface area (Å²) >= 11 is 0. The monoisotopic (exact) mass is 426 g/mol. The van der Waals surface area contributed by atoms with Crippen LogP contribution < -0.4 is 15.4 Å². The van der Waals surface area contributed by atoms with Gasteiger partial charge in [0, 0.05) is 24.8 Å². The summed E-state index contributed by atoms with van der Waals surface area (Å²) in [5.74, 6) is -0.648. The third kappa shape index (κ3) is 3.44. The molecule has 0 saturated carbocycles. The van der Waals surface area contributed by atoms with Crippen LogP contribution in [0.3, 0.4) is 0 Å². The first-order valence-corrected chi connectivity index (χ1v) is 9.93. The van der Waals surface area contributed by atoms with E-state index in [0.29, 0.717) is 37.4 Å². The van der Waals surface area contributed by atoms with Gasteiger partial charge in [0.25, 0.3) is 5.56 Å². The number of hydrogen-bond donors (Lipinski definition) is 0. The Morgan fingerprint density at radius 3 is 2.80 bits per heavy atom. The molecule has 0 N–H and O–H groups in total. The first-order valence-electron chi connectivity index (χ1n) is 9.93. The van der Waals surface area contributed by atoms with E-state index < -0.39 is 23.5 Å². The van der Waals surface area contributed by atoms with Crippen LogP contribution in [-0.2, 0) is 17.8 Å². The van der Waals surface area contributed by atoms with Gasteiger partial charge in [-0.3, -0.25) is 9.36 Å². The van der Waals surface area contributed by atoms with E-state index >= 15 is 4.39 Å². The Hall–Kier alpha value is -2.56. The van der Waals surface area contributed by atoms with Crippen LogP contribution in [0.4, 0.5) is 24.9 Å². The Morgan fingerprint density at radius 2 is 2.10 bits per heavy atom. The molecule has 164 valence electrons. The zero-order chi connectivity index (χ0) is 21.6. The molecule has 0 radical (unpaired) electrons. The summed E-state index contributed by atoms with van der Waals surface area (Å²) in [6.07, 6.45) is 1.85. The highest BCUT2D eigenvalue weighted by atomic mass is 19.3. The predicted molar refractivity (Wildman–Crippen MR) is 104 cm³/mol. The Morgan fingerprint density at radius 1 is 1.33 bits per heavy atom. The van der Waals surface area contributed by atoms with Crippen molar-refractivity contribution in [3.63, 3.8) is 0 Å². The molecule has 2 aromatic heterocycles. The van der Waals surface area contributed by atoms with Crippen LogP contribution in [0.25, 0.3) is 0 Å². The Labute approximate surface area is 171 Å². The van der Waals surface area contributed by atoms with E-state index in [-0.39, 0.29) is 30.0 Å². The van der Waals surface area contributed by atoms with Crippen molar-refractivity contribution in [1.29, 1.82) is 0 Å². The molecule has 4 heterocycles. The molecule has 0 spiro atoms. The van der Waals surface area contributed by atoms with Crippen LogP contribution in [0.15, 0.2) is 17.1 Å². The normalized spacial score (nSPS) is 21.2. The molecular weight excluding hydrogens is 401 g/mol. The number of fused-ring (bicyclic) bond motifs is 1. The average Bonchev–Trinajstić information content (AvgIpc) is 3.16. The third-order valence-electron chi connectivity index (χ3n) is 5.89. The zero-order valence-corrected chi connectivity index (χ0v) is 17.2. The number of alkyl halides is 2. The van der Waals surface area contributed by atoms with Gasteiger partial charge in [-0.15, -0.1) is 0 Å². The van der Waals surface area contributed by atoms with Crippen molar-refractivity contribution in [3.8, 4) is 0 Å². The molecule has 0 unspecified atom stereocenters. The lowest BCUT2D eigenvalue weighted by molar-refractivity contribution is 0.0531. The smallest absolute Gasteiger partial charge is 0.333 e. The maximum atomic E-state index is 15.0. The molecule has 2 aromatic rings. The summed E-state index contributed by atoms with van der Waals surface area (Å²) in [4.78, 5) is 20.9. The first kappa shape index (κ1) is 20.7. The van der Waals surface area contributed by atoms with Gasteiger partial charge in [0.1, 0.15) is 0 Å². The molecule has 1 fully saturated rings. The van der Waals surface area contributed by atoms with E-state index in [4.69, 9.17) is 4.74 Å². The summed E-state index contributed by atoms with van der Waals surface area (Å²) in [5.41, 5.74) is -0.953. The lowest BCUT2D eigenvalue weighted by atomic mass is 9.96. The Kier molecular flexibility index (Phi) is 5.25. The largest absolute Gasteiger partial charge is 0.377 e. The van der Waals surface area contributed by atoms with Gasteiger partial charge in [0.2, 0.25) is 11.8 Å². The molecule has 0 bridgehead atoms. The third-order valence-corrected chi connectivity index (χ3v) is 5.89. The Bertz CT molecular complexity index is 989. The summed E-state index contributed by atoms with van der Waals surface area (Å²) in [7, 11) is 0. The zero-order valence-electron chi connectivity index (χ0n) is 17.2. The van der Waals surface area contributed by atoms with Crippen LogP contribution >= 0.6 is 0 Å². The molecule has 2 aliphatic rings. The maximum Gasteiger partial charge on any atom is 0.333 e.